The number of hydrogen-bond acceptors (Lipinski definition) is 3. The van der Waals surface area contributed by atoms with Crippen LogP contribution in [0, 0.1) is 18.3 Å². The lowest BCUT2D eigenvalue weighted by atomic mass is 9.97. The summed E-state index contributed by atoms with van der Waals surface area (Å²) in [6, 6.07) is 7.82. The highest BCUT2D eigenvalue weighted by Gasteiger charge is 2.23. The lowest BCUT2D eigenvalue weighted by molar-refractivity contribution is 0.0582. The molecule has 112 valence electrons. The fraction of sp³-hybridized carbons (Fsp3) is 0.471. The largest absolute Gasteiger partial charge is 0.369 e. The van der Waals surface area contributed by atoms with Gasteiger partial charge in [0.25, 0.3) is 5.91 Å². The Morgan fingerprint density at radius 2 is 2.05 bits per heavy atom. The van der Waals surface area contributed by atoms with E-state index in [2.05, 4.69) is 5.92 Å². The summed E-state index contributed by atoms with van der Waals surface area (Å²) in [5.41, 5.74) is 0.773. The first-order chi connectivity index (χ1) is 10.2. The maximum absolute atomic E-state index is 12.4. The normalized spacial score (nSPS) is 15.7. The molecule has 1 aliphatic heterocycles. The van der Waals surface area contributed by atoms with Crippen molar-refractivity contribution < 1.29 is 9.53 Å². The summed E-state index contributed by atoms with van der Waals surface area (Å²) in [7, 11) is 0. The molecule has 1 saturated heterocycles. The van der Waals surface area contributed by atoms with E-state index in [1.807, 2.05) is 35.4 Å². The first-order valence-electron chi connectivity index (χ1n) is 7.19. The predicted octanol–water partition coefficient (Wildman–Crippen LogP) is 2.91. The lowest BCUT2D eigenvalue weighted by Crippen LogP contribution is -2.39. The van der Waals surface area contributed by atoms with Crippen LogP contribution in [-0.2, 0) is 4.74 Å². The molecule has 4 heteroatoms. The zero-order valence-corrected chi connectivity index (χ0v) is 13.2. The second-order valence-corrected chi connectivity index (χ2v) is 6.06. The molecule has 1 heterocycles. The molecule has 0 N–H and O–H groups in total. The van der Waals surface area contributed by atoms with Crippen LogP contribution < -0.4 is 0 Å². The Labute approximate surface area is 131 Å². The second-order valence-electron chi connectivity index (χ2n) is 5.18. The summed E-state index contributed by atoms with van der Waals surface area (Å²) < 4.78 is 5.39. The third kappa shape index (κ3) is 4.52. The van der Waals surface area contributed by atoms with E-state index in [1.165, 1.54) is 4.90 Å². The Bertz CT molecular complexity index is 499. The van der Waals surface area contributed by atoms with E-state index in [9.17, 15) is 4.79 Å². The van der Waals surface area contributed by atoms with E-state index in [4.69, 9.17) is 11.2 Å². The molecule has 0 saturated carbocycles. The molecule has 0 bridgehead atoms. The third-order valence-corrected chi connectivity index (χ3v) is 4.52. The Kier molecular flexibility index (Phi) is 6.16. The summed E-state index contributed by atoms with van der Waals surface area (Å²) in [6.45, 7) is 2.68. The fourth-order valence-corrected chi connectivity index (χ4v) is 2.91. The quantitative estimate of drug-likeness (QED) is 0.476. The Hall–Kier alpha value is -1.44. The molecule has 0 aliphatic carbocycles. The van der Waals surface area contributed by atoms with Crippen molar-refractivity contribution in [1.29, 1.82) is 0 Å². The van der Waals surface area contributed by atoms with Crippen LogP contribution in [0.4, 0.5) is 0 Å². The van der Waals surface area contributed by atoms with Crippen molar-refractivity contribution in [1.82, 2.24) is 4.90 Å². The van der Waals surface area contributed by atoms with Gasteiger partial charge < -0.3 is 9.64 Å². The van der Waals surface area contributed by atoms with E-state index < -0.39 is 0 Å². The van der Waals surface area contributed by atoms with Gasteiger partial charge in [-0.25, -0.2) is 0 Å². The van der Waals surface area contributed by atoms with Gasteiger partial charge in [-0.15, -0.1) is 18.2 Å². The van der Waals surface area contributed by atoms with E-state index in [-0.39, 0.29) is 5.91 Å². The molecule has 1 aromatic carbocycles. The summed E-state index contributed by atoms with van der Waals surface area (Å²) in [4.78, 5) is 15.5. The molecular weight excluding hydrogens is 282 g/mol. The van der Waals surface area contributed by atoms with Crippen molar-refractivity contribution in [2.45, 2.75) is 17.7 Å². The minimum absolute atomic E-state index is 0.130. The third-order valence-electron chi connectivity index (χ3n) is 3.78. The number of terminal acetylenes is 1. The van der Waals surface area contributed by atoms with Gasteiger partial charge in [-0.1, -0.05) is 5.92 Å². The summed E-state index contributed by atoms with van der Waals surface area (Å²) in [6.07, 6.45) is 9.16. The standard InChI is InChI=1S/C17H21NO2S/c1-3-12-20-13-14-8-10-18(11-9-14)17(19)15-4-6-16(21-2)7-5-15/h1,4-7,14H,8-13H2,2H3. The number of nitrogens with zero attached hydrogens (tertiary/aromatic N) is 1. The van der Waals surface area contributed by atoms with E-state index in [1.54, 1.807) is 11.8 Å². The van der Waals surface area contributed by atoms with Crippen molar-refractivity contribution >= 4 is 17.7 Å². The molecule has 0 atom stereocenters. The van der Waals surface area contributed by atoms with Gasteiger partial charge in [0.05, 0.1) is 6.61 Å². The zero-order chi connectivity index (χ0) is 15.1. The first kappa shape index (κ1) is 15.9. The summed E-state index contributed by atoms with van der Waals surface area (Å²) in [5, 5.41) is 0. The number of hydrogen-bond donors (Lipinski definition) is 0. The Balaban J connectivity index is 1.83. The van der Waals surface area contributed by atoms with Crippen LogP contribution in [0.25, 0.3) is 0 Å². The lowest BCUT2D eigenvalue weighted by Gasteiger charge is -2.31. The van der Waals surface area contributed by atoms with Crippen molar-refractivity contribution in [3.8, 4) is 12.3 Å². The van der Waals surface area contributed by atoms with E-state index in [0.29, 0.717) is 19.1 Å². The van der Waals surface area contributed by atoms with Gasteiger partial charge in [0.15, 0.2) is 0 Å². The highest BCUT2D eigenvalue weighted by Crippen LogP contribution is 2.21. The first-order valence-corrected chi connectivity index (χ1v) is 8.41. The molecule has 0 radical (unpaired) electrons. The minimum atomic E-state index is 0.130. The molecule has 2 rings (SSSR count). The summed E-state index contributed by atoms with van der Waals surface area (Å²) in [5.74, 6) is 3.12. The molecule has 0 spiro atoms. The second kappa shape index (κ2) is 8.11. The number of ether oxygens (including phenoxy) is 1. The number of piperidine rings is 1. The number of benzene rings is 1. The van der Waals surface area contributed by atoms with Crippen LogP contribution in [0.1, 0.15) is 23.2 Å². The molecule has 1 fully saturated rings. The molecule has 21 heavy (non-hydrogen) atoms. The molecule has 1 aromatic rings. The maximum Gasteiger partial charge on any atom is 0.253 e. The number of carbonyl (C=O) groups excluding carboxylic acids is 1. The molecule has 3 nitrogen and oxygen atoms in total. The van der Waals surface area contributed by atoms with Crippen LogP contribution in [0.3, 0.4) is 0 Å². The van der Waals surface area contributed by atoms with E-state index in [0.717, 1.165) is 31.5 Å². The van der Waals surface area contributed by atoms with Crippen LogP contribution in [0.2, 0.25) is 0 Å². The number of likely N-dealkylation sites (tertiary alicyclic amines) is 1. The van der Waals surface area contributed by atoms with Gasteiger partial charge in [0.2, 0.25) is 0 Å². The van der Waals surface area contributed by atoms with Gasteiger partial charge in [0.1, 0.15) is 6.61 Å². The van der Waals surface area contributed by atoms with Crippen molar-refractivity contribution in [3.63, 3.8) is 0 Å². The van der Waals surface area contributed by atoms with Gasteiger partial charge in [-0.2, -0.15) is 0 Å². The topological polar surface area (TPSA) is 29.5 Å². The number of amides is 1. The minimum Gasteiger partial charge on any atom is -0.369 e. The van der Waals surface area contributed by atoms with Crippen molar-refractivity contribution in [2.75, 3.05) is 32.6 Å². The van der Waals surface area contributed by atoms with Gasteiger partial charge in [0, 0.05) is 23.5 Å². The average molecular weight is 303 g/mol. The highest BCUT2D eigenvalue weighted by molar-refractivity contribution is 7.98. The average Bonchev–Trinajstić information content (AvgIpc) is 2.55. The molecule has 1 amide bonds. The maximum atomic E-state index is 12.4. The number of thioether (sulfide) groups is 1. The number of carbonyl (C=O) groups is 1. The zero-order valence-electron chi connectivity index (χ0n) is 12.4. The summed E-state index contributed by atoms with van der Waals surface area (Å²) >= 11 is 1.68. The van der Waals surface area contributed by atoms with Crippen LogP contribution in [0.15, 0.2) is 29.2 Å². The van der Waals surface area contributed by atoms with E-state index >= 15 is 0 Å². The Morgan fingerprint density at radius 3 is 2.62 bits per heavy atom. The molecule has 0 unspecified atom stereocenters. The molecule has 1 aliphatic rings. The van der Waals surface area contributed by atoms with Crippen LogP contribution >= 0.6 is 11.8 Å². The van der Waals surface area contributed by atoms with Crippen LogP contribution in [-0.4, -0.2) is 43.4 Å². The van der Waals surface area contributed by atoms with Gasteiger partial charge in [-0.3, -0.25) is 4.79 Å². The fourth-order valence-electron chi connectivity index (χ4n) is 2.50. The SMILES string of the molecule is C#CCOCC1CCN(C(=O)c2ccc(SC)cc2)CC1. The van der Waals surface area contributed by atoms with Gasteiger partial charge in [-0.05, 0) is 49.3 Å². The highest BCUT2D eigenvalue weighted by atomic mass is 32.2. The van der Waals surface area contributed by atoms with Gasteiger partial charge >= 0.3 is 0 Å². The monoisotopic (exact) mass is 303 g/mol. The Morgan fingerprint density at radius 1 is 1.38 bits per heavy atom. The number of rotatable bonds is 5. The smallest absolute Gasteiger partial charge is 0.253 e. The predicted molar refractivity (Wildman–Crippen MR) is 86.5 cm³/mol. The van der Waals surface area contributed by atoms with Crippen LogP contribution in [0.5, 0.6) is 0 Å². The molecular formula is C17H21NO2S. The van der Waals surface area contributed by atoms with Crippen molar-refractivity contribution in [3.05, 3.63) is 29.8 Å². The molecule has 0 aromatic heterocycles. The van der Waals surface area contributed by atoms with Crippen molar-refractivity contribution in [2.24, 2.45) is 5.92 Å².